The first-order chi connectivity index (χ1) is 14.7. The van der Waals surface area contributed by atoms with Crippen LogP contribution in [-0.4, -0.2) is 24.1 Å². The molecule has 4 rings (SSSR count). The molecule has 2 amide bonds. The molecule has 30 heavy (non-hydrogen) atoms. The van der Waals surface area contributed by atoms with Gasteiger partial charge in [-0.1, -0.05) is 48.5 Å². The molecule has 0 unspecified atom stereocenters. The number of fused-ring (bicyclic) bond motifs is 1. The maximum atomic E-state index is 12.6. The quantitative estimate of drug-likeness (QED) is 0.455. The van der Waals surface area contributed by atoms with E-state index in [1.54, 1.807) is 6.08 Å². The summed E-state index contributed by atoms with van der Waals surface area (Å²) in [5.41, 5.74) is 3.97. The van der Waals surface area contributed by atoms with Gasteiger partial charge in [0.05, 0.1) is 5.75 Å². The zero-order valence-electron chi connectivity index (χ0n) is 16.5. The Balaban J connectivity index is 1.28. The molecule has 4 nitrogen and oxygen atoms in total. The lowest BCUT2D eigenvalue weighted by Crippen LogP contribution is -2.30. The molecular weight excluding hydrogens is 392 g/mol. The average Bonchev–Trinajstić information content (AvgIpc) is 3.22. The highest BCUT2D eigenvalue weighted by Crippen LogP contribution is 2.29. The summed E-state index contributed by atoms with van der Waals surface area (Å²) in [6, 6.07) is 25.3. The van der Waals surface area contributed by atoms with Gasteiger partial charge in [0.1, 0.15) is 0 Å². The monoisotopic (exact) mass is 414 g/mol. The van der Waals surface area contributed by atoms with Gasteiger partial charge in [-0.3, -0.25) is 9.59 Å². The van der Waals surface area contributed by atoms with Gasteiger partial charge in [0.15, 0.2) is 0 Å². The van der Waals surface area contributed by atoms with E-state index in [0.717, 1.165) is 34.8 Å². The Kier molecular flexibility index (Phi) is 6.30. The SMILES string of the molecule is O=C(/C=C/c1ccccc1)Nc1ccc(SCC(=O)N2CCc3ccccc32)cc1. The van der Waals surface area contributed by atoms with Crippen molar-refractivity contribution in [1.29, 1.82) is 0 Å². The Hall–Kier alpha value is -3.31. The summed E-state index contributed by atoms with van der Waals surface area (Å²) in [5, 5.41) is 2.85. The summed E-state index contributed by atoms with van der Waals surface area (Å²) >= 11 is 1.51. The topological polar surface area (TPSA) is 49.4 Å². The Morgan fingerprint density at radius 1 is 0.933 bits per heavy atom. The van der Waals surface area contributed by atoms with Crippen molar-refractivity contribution in [1.82, 2.24) is 0 Å². The number of thioether (sulfide) groups is 1. The number of para-hydroxylation sites is 1. The van der Waals surface area contributed by atoms with Crippen LogP contribution in [0.1, 0.15) is 11.1 Å². The maximum Gasteiger partial charge on any atom is 0.248 e. The van der Waals surface area contributed by atoms with E-state index in [9.17, 15) is 9.59 Å². The first kappa shape index (κ1) is 20.0. The lowest BCUT2D eigenvalue weighted by atomic mass is 10.2. The van der Waals surface area contributed by atoms with Gasteiger partial charge < -0.3 is 10.2 Å². The van der Waals surface area contributed by atoms with Gasteiger partial charge in [0.2, 0.25) is 11.8 Å². The Morgan fingerprint density at radius 3 is 2.47 bits per heavy atom. The summed E-state index contributed by atoms with van der Waals surface area (Å²) in [5.74, 6) is 0.329. The summed E-state index contributed by atoms with van der Waals surface area (Å²) in [6.45, 7) is 0.750. The van der Waals surface area contributed by atoms with Gasteiger partial charge in [-0.15, -0.1) is 11.8 Å². The van der Waals surface area contributed by atoms with E-state index in [4.69, 9.17) is 0 Å². The van der Waals surface area contributed by atoms with E-state index < -0.39 is 0 Å². The number of amides is 2. The van der Waals surface area contributed by atoms with E-state index in [1.165, 1.54) is 23.4 Å². The van der Waals surface area contributed by atoms with Gasteiger partial charge in [0.25, 0.3) is 0 Å². The fourth-order valence-corrected chi connectivity index (χ4v) is 4.15. The van der Waals surface area contributed by atoms with Gasteiger partial charge in [0, 0.05) is 28.9 Å². The molecule has 0 saturated heterocycles. The van der Waals surface area contributed by atoms with Gasteiger partial charge in [-0.05, 0) is 54.0 Å². The van der Waals surface area contributed by atoms with Crippen LogP contribution in [0.15, 0.2) is 89.8 Å². The number of benzene rings is 3. The van der Waals surface area contributed by atoms with Crippen LogP contribution in [0.4, 0.5) is 11.4 Å². The third-order valence-corrected chi connectivity index (χ3v) is 5.90. The molecule has 0 bridgehead atoms. The molecule has 0 aromatic heterocycles. The van der Waals surface area contributed by atoms with Crippen molar-refractivity contribution < 1.29 is 9.59 Å². The molecule has 0 aliphatic carbocycles. The van der Waals surface area contributed by atoms with Crippen LogP contribution >= 0.6 is 11.8 Å². The molecule has 0 fully saturated rings. The predicted molar refractivity (Wildman–Crippen MR) is 124 cm³/mol. The van der Waals surface area contributed by atoms with Crippen molar-refractivity contribution in [3.05, 3.63) is 96.1 Å². The highest BCUT2D eigenvalue weighted by molar-refractivity contribution is 8.00. The lowest BCUT2D eigenvalue weighted by molar-refractivity contribution is -0.116. The van der Waals surface area contributed by atoms with Crippen LogP contribution < -0.4 is 10.2 Å². The number of anilines is 2. The number of hydrogen-bond acceptors (Lipinski definition) is 3. The molecule has 1 aliphatic heterocycles. The predicted octanol–water partition coefficient (Wildman–Crippen LogP) is 5.02. The Morgan fingerprint density at radius 2 is 1.67 bits per heavy atom. The first-order valence-corrected chi connectivity index (χ1v) is 10.8. The van der Waals surface area contributed by atoms with Crippen LogP contribution in [0.3, 0.4) is 0 Å². The zero-order valence-corrected chi connectivity index (χ0v) is 17.3. The minimum absolute atomic E-state index is 0.119. The molecule has 3 aromatic carbocycles. The second-order valence-electron chi connectivity index (χ2n) is 6.97. The largest absolute Gasteiger partial charge is 0.323 e. The average molecular weight is 415 g/mol. The van der Waals surface area contributed by atoms with Gasteiger partial charge in [-0.2, -0.15) is 0 Å². The lowest BCUT2D eigenvalue weighted by Gasteiger charge is -2.17. The van der Waals surface area contributed by atoms with E-state index >= 15 is 0 Å². The number of nitrogens with zero attached hydrogens (tertiary/aromatic N) is 1. The molecule has 3 aromatic rings. The Labute approximate surface area is 180 Å². The van der Waals surface area contributed by atoms with Gasteiger partial charge in [-0.25, -0.2) is 0 Å². The normalized spacial score (nSPS) is 12.7. The number of carbonyl (C=O) groups is 2. The van der Waals surface area contributed by atoms with Crippen LogP contribution in [0.5, 0.6) is 0 Å². The van der Waals surface area contributed by atoms with Crippen molar-refractivity contribution in [2.75, 3.05) is 22.5 Å². The fraction of sp³-hybridized carbons (Fsp3) is 0.120. The van der Waals surface area contributed by atoms with Crippen LogP contribution in [0, 0.1) is 0 Å². The second-order valence-corrected chi connectivity index (χ2v) is 8.02. The molecule has 0 saturated carbocycles. The fourth-order valence-electron chi connectivity index (χ4n) is 3.37. The van der Waals surface area contributed by atoms with Crippen molar-refractivity contribution in [2.24, 2.45) is 0 Å². The van der Waals surface area contributed by atoms with E-state index in [0.29, 0.717) is 5.75 Å². The highest BCUT2D eigenvalue weighted by atomic mass is 32.2. The molecule has 1 aliphatic rings. The number of rotatable bonds is 6. The standard InChI is InChI=1S/C25H22N2O2S/c28-24(15-10-19-6-2-1-3-7-19)26-21-11-13-22(14-12-21)30-18-25(29)27-17-16-20-8-4-5-9-23(20)27/h1-15H,16-18H2,(H,26,28)/b15-10+. The van der Waals surface area contributed by atoms with E-state index in [1.807, 2.05) is 77.7 Å². The van der Waals surface area contributed by atoms with Crippen molar-refractivity contribution >= 4 is 41.0 Å². The molecule has 150 valence electrons. The minimum atomic E-state index is -0.179. The Bertz CT molecular complexity index is 1060. The smallest absolute Gasteiger partial charge is 0.248 e. The molecule has 0 spiro atoms. The van der Waals surface area contributed by atoms with E-state index in [-0.39, 0.29) is 11.8 Å². The van der Waals surface area contributed by atoms with Crippen LogP contribution in [-0.2, 0) is 16.0 Å². The zero-order chi connectivity index (χ0) is 20.8. The van der Waals surface area contributed by atoms with Gasteiger partial charge >= 0.3 is 0 Å². The van der Waals surface area contributed by atoms with Crippen LogP contribution in [0.2, 0.25) is 0 Å². The number of carbonyl (C=O) groups excluding carboxylic acids is 2. The highest BCUT2D eigenvalue weighted by Gasteiger charge is 2.23. The van der Waals surface area contributed by atoms with E-state index in [2.05, 4.69) is 11.4 Å². The summed E-state index contributed by atoms with van der Waals surface area (Å²) in [6.07, 6.45) is 4.21. The van der Waals surface area contributed by atoms with Crippen LogP contribution in [0.25, 0.3) is 6.08 Å². The van der Waals surface area contributed by atoms with Crippen molar-refractivity contribution in [3.8, 4) is 0 Å². The second kappa shape index (κ2) is 9.46. The molecule has 0 atom stereocenters. The molecule has 0 radical (unpaired) electrons. The molecule has 1 heterocycles. The van der Waals surface area contributed by atoms with Crippen molar-refractivity contribution in [2.45, 2.75) is 11.3 Å². The summed E-state index contributed by atoms with van der Waals surface area (Å²) in [7, 11) is 0. The third kappa shape index (κ3) is 4.99. The van der Waals surface area contributed by atoms with Crippen molar-refractivity contribution in [3.63, 3.8) is 0 Å². The minimum Gasteiger partial charge on any atom is -0.323 e. The molecular formula is C25H22N2O2S. The number of nitrogens with one attached hydrogen (secondary N) is 1. The molecule has 1 N–H and O–H groups in total. The third-order valence-electron chi connectivity index (χ3n) is 4.90. The summed E-state index contributed by atoms with van der Waals surface area (Å²) in [4.78, 5) is 27.6. The molecule has 5 heteroatoms. The number of hydrogen-bond donors (Lipinski definition) is 1. The first-order valence-electron chi connectivity index (χ1n) is 9.84. The summed E-state index contributed by atoms with van der Waals surface area (Å²) < 4.78 is 0. The maximum absolute atomic E-state index is 12.6.